The molecule has 0 aliphatic carbocycles. The Hall–Kier alpha value is -0.620. The second-order valence-corrected chi connectivity index (χ2v) is 7.09. The fourth-order valence-electron chi connectivity index (χ4n) is 2.47. The van der Waals surface area contributed by atoms with Crippen LogP contribution in [0.3, 0.4) is 0 Å². The molecule has 4 nitrogen and oxygen atoms in total. The van der Waals surface area contributed by atoms with Crippen molar-refractivity contribution in [2.24, 2.45) is 0 Å². The fraction of sp³-hybridized carbons (Fsp3) is 0.538. The Morgan fingerprint density at radius 1 is 1.32 bits per heavy atom. The Kier molecular flexibility index (Phi) is 4.50. The predicted molar refractivity (Wildman–Crippen MR) is 76.8 cm³/mol. The van der Waals surface area contributed by atoms with Crippen molar-refractivity contribution in [3.05, 3.63) is 29.8 Å². The van der Waals surface area contributed by atoms with E-state index < -0.39 is 10.0 Å². The van der Waals surface area contributed by atoms with Crippen LogP contribution in [0.15, 0.2) is 29.2 Å². The van der Waals surface area contributed by atoms with Crippen LogP contribution in [0.25, 0.3) is 0 Å². The largest absolute Gasteiger partial charge is 0.303 e. The van der Waals surface area contributed by atoms with Crippen LogP contribution in [-0.4, -0.2) is 50.3 Å². The average Bonchev–Trinajstić information content (AvgIpc) is 2.38. The molecular weight excluding hydrogens is 284 g/mol. The summed E-state index contributed by atoms with van der Waals surface area (Å²) >= 11 is 5.85. The molecule has 1 aromatic rings. The molecule has 0 aromatic heterocycles. The van der Waals surface area contributed by atoms with Crippen LogP contribution in [-0.2, 0) is 15.9 Å². The molecule has 0 spiro atoms. The van der Waals surface area contributed by atoms with Gasteiger partial charge in [-0.2, -0.15) is 4.31 Å². The topological polar surface area (TPSA) is 40.6 Å². The van der Waals surface area contributed by atoms with E-state index in [4.69, 9.17) is 11.6 Å². The van der Waals surface area contributed by atoms with Crippen molar-refractivity contribution >= 4 is 21.6 Å². The highest BCUT2D eigenvalue weighted by Gasteiger charge is 2.33. The number of sulfonamides is 1. The molecule has 106 valence electrons. The molecule has 1 aliphatic rings. The molecule has 0 amide bonds. The molecule has 1 heterocycles. The molecule has 1 unspecified atom stereocenters. The minimum Gasteiger partial charge on any atom is -0.303 e. The van der Waals surface area contributed by atoms with Gasteiger partial charge in [-0.25, -0.2) is 8.42 Å². The maximum Gasteiger partial charge on any atom is 0.243 e. The molecule has 0 bridgehead atoms. The monoisotopic (exact) mass is 302 g/mol. The SMILES string of the molecule is CC1CN(C)CCN1S(=O)(=O)c1ccccc1CCl. The number of alkyl halides is 1. The van der Waals surface area contributed by atoms with Gasteiger partial charge in [-0.15, -0.1) is 11.6 Å². The van der Waals surface area contributed by atoms with Gasteiger partial charge in [0.25, 0.3) is 0 Å². The van der Waals surface area contributed by atoms with E-state index in [2.05, 4.69) is 4.90 Å². The van der Waals surface area contributed by atoms with Crippen molar-refractivity contribution in [3.8, 4) is 0 Å². The summed E-state index contributed by atoms with van der Waals surface area (Å²) in [5.41, 5.74) is 0.662. The van der Waals surface area contributed by atoms with Crippen molar-refractivity contribution in [1.29, 1.82) is 0 Å². The summed E-state index contributed by atoms with van der Waals surface area (Å²) in [4.78, 5) is 2.48. The molecule has 2 rings (SSSR count). The molecule has 1 aliphatic heterocycles. The van der Waals surface area contributed by atoms with Crippen LogP contribution in [0, 0.1) is 0 Å². The molecule has 1 fully saturated rings. The maximum atomic E-state index is 12.7. The van der Waals surface area contributed by atoms with Crippen molar-refractivity contribution < 1.29 is 8.42 Å². The Balaban J connectivity index is 2.37. The van der Waals surface area contributed by atoms with Gasteiger partial charge in [0, 0.05) is 31.6 Å². The third-order valence-corrected chi connectivity index (χ3v) is 5.87. The third-order valence-electron chi connectivity index (χ3n) is 3.47. The van der Waals surface area contributed by atoms with Gasteiger partial charge in [0.05, 0.1) is 4.90 Å². The van der Waals surface area contributed by atoms with Gasteiger partial charge in [0.1, 0.15) is 0 Å². The van der Waals surface area contributed by atoms with Crippen LogP contribution in [0.4, 0.5) is 0 Å². The van der Waals surface area contributed by atoms with Crippen molar-refractivity contribution in [2.45, 2.75) is 23.7 Å². The lowest BCUT2D eigenvalue weighted by Gasteiger charge is -2.37. The molecule has 0 radical (unpaired) electrons. The van der Waals surface area contributed by atoms with Crippen molar-refractivity contribution in [2.75, 3.05) is 26.7 Å². The first kappa shape index (κ1) is 14.8. The van der Waals surface area contributed by atoms with E-state index in [0.29, 0.717) is 17.0 Å². The average molecular weight is 303 g/mol. The number of halogens is 1. The molecule has 6 heteroatoms. The van der Waals surface area contributed by atoms with E-state index in [1.165, 1.54) is 0 Å². The van der Waals surface area contributed by atoms with Crippen molar-refractivity contribution in [3.63, 3.8) is 0 Å². The van der Waals surface area contributed by atoms with Gasteiger partial charge in [-0.3, -0.25) is 0 Å². The summed E-state index contributed by atoms with van der Waals surface area (Å²) in [6, 6.07) is 6.93. The van der Waals surface area contributed by atoms with E-state index in [-0.39, 0.29) is 11.9 Å². The zero-order valence-electron chi connectivity index (χ0n) is 11.2. The highest BCUT2D eigenvalue weighted by molar-refractivity contribution is 7.89. The fourth-order valence-corrected chi connectivity index (χ4v) is 4.62. The predicted octanol–water partition coefficient (Wildman–Crippen LogP) is 1.75. The van der Waals surface area contributed by atoms with Crippen molar-refractivity contribution in [1.82, 2.24) is 9.21 Å². The number of likely N-dealkylation sites (N-methyl/N-ethyl adjacent to an activating group) is 1. The molecular formula is C13H19ClN2O2S. The van der Waals surface area contributed by atoms with E-state index in [0.717, 1.165) is 13.1 Å². The third kappa shape index (κ3) is 2.94. The first-order chi connectivity index (χ1) is 8.96. The van der Waals surface area contributed by atoms with Gasteiger partial charge in [0.2, 0.25) is 10.0 Å². The lowest BCUT2D eigenvalue weighted by Crippen LogP contribution is -2.52. The van der Waals surface area contributed by atoms with Crippen LogP contribution < -0.4 is 0 Å². The number of benzene rings is 1. The minimum atomic E-state index is -3.46. The molecule has 0 saturated carbocycles. The summed E-state index contributed by atoms with van der Waals surface area (Å²) in [7, 11) is -1.45. The van der Waals surface area contributed by atoms with Gasteiger partial charge in [0.15, 0.2) is 0 Å². The normalized spacial score (nSPS) is 22.6. The van der Waals surface area contributed by atoms with E-state index in [1.54, 1.807) is 22.5 Å². The molecule has 1 atom stereocenters. The molecule has 1 saturated heterocycles. The van der Waals surface area contributed by atoms with E-state index in [1.807, 2.05) is 20.0 Å². The quantitative estimate of drug-likeness (QED) is 0.799. The summed E-state index contributed by atoms with van der Waals surface area (Å²) in [6.45, 7) is 3.97. The summed E-state index contributed by atoms with van der Waals surface area (Å²) in [5, 5.41) is 0. The Bertz CT molecular complexity index is 547. The highest BCUT2D eigenvalue weighted by atomic mass is 35.5. The molecule has 1 aromatic carbocycles. The van der Waals surface area contributed by atoms with Crippen LogP contribution in [0.1, 0.15) is 12.5 Å². The van der Waals surface area contributed by atoms with Crippen LogP contribution in [0.2, 0.25) is 0 Å². The Morgan fingerprint density at radius 3 is 2.63 bits per heavy atom. The van der Waals surface area contributed by atoms with Gasteiger partial charge in [-0.1, -0.05) is 18.2 Å². The molecule has 0 N–H and O–H groups in total. The summed E-state index contributed by atoms with van der Waals surface area (Å²) < 4.78 is 27.0. The summed E-state index contributed by atoms with van der Waals surface area (Å²) in [5.74, 6) is 0.206. The minimum absolute atomic E-state index is 0.0212. The maximum absolute atomic E-state index is 12.7. The zero-order chi connectivity index (χ0) is 14.0. The lowest BCUT2D eigenvalue weighted by atomic mass is 10.2. The summed E-state index contributed by atoms with van der Waals surface area (Å²) in [6.07, 6.45) is 0. The van der Waals surface area contributed by atoms with Crippen LogP contribution in [0.5, 0.6) is 0 Å². The lowest BCUT2D eigenvalue weighted by molar-refractivity contribution is 0.170. The first-order valence-corrected chi connectivity index (χ1v) is 8.28. The highest BCUT2D eigenvalue weighted by Crippen LogP contribution is 2.24. The number of hydrogen-bond acceptors (Lipinski definition) is 3. The van der Waals surface area contributed by atoms with Gasteiger partial charge >= 0.3 is 0 Å². The number of piperazine rings is 1. The second kappa shape index (κ2) is 5.79. The molecule has 19 heavy (non-hydrogen) atoms. The second-order valence-electron chi connectivity index (χ2n) is 4.97. The van der Waals surface area contributed by atoms with Crippen LogP contribution >= 0.6 is 11.6 Å². The van der Waals surface area contributed by atoms with E-state index >= 15 is 0 Å². The zero-order valence-corrected chi connectivity index (χ0v) is 12.8. The Labute approximate surface area is 120 Å². The van der Waals surface area contributed by atoms with E-state index in [9.17, 15) is 8.42 Å². The standard InChI is InChI=1S/C13H19ClN2O2S/c1-11-10-15(2)7-8-16(11)19(17,18)13-6-4-3-5-12(13)9-14/h3-6,11H,7-10H2,1-2H3. The smallest absolute Gasteiger partial charge is 0.243 e. The van der Waals surface area contributed by atoms with Gasteiger partial charge in [-0.05, 0) is 25.6 Å². The number of rotatable bonds is 3. The number of hydrogen-bond donors (Lipinski definition) is 0. The Morgan fingerprint density at radius 2 is 2.00 bits per heavy atom. The van der Waals surface area contributed by atoms with Gasteiger partial charge < -0.3 is 4.90 Å². The first-order valence-electron chi connectivity index (χ1n) is 6.31. The number of nitrogens with zero attached hydrogens (tertiary/aromatic N) is 2.